The summed E-state index contributed by atoms with van der Waals surface area (Å²) in [5.74, 6) is 2.65. The van der Waals surface area contributed by atoms with Gasteiger partial charge in [-0.3, -0.25) is 13.9 Å². The molecule has 1 N–H and O–H groups in total. The Morgan fingerprint density at radius 3 is 2.31 bits per heavy atom. The van der Waals surface area contributed by atoms with Crippen LogP contribution in [0, 0.1) is 24.7 Å². The lowest BCUT2D eigenvalue weighted by Crippen LogP contribution is -2.58. The van der Waals surface area contributed by atoms with Gasteiger partial charge in [0.25, 0.3) is 5.56 Å². The zero-order valence-corrected chi connectivity index (χ0v) is 21.0. The number of hydrogen-bond donors (Lipinski definition) is 1. The fourth-order valence-electron chi connectivity index (χ4n) is 7.43. The largest absolute Gasteiger partial charge is 0.332 e. The molecule has 1 aromatic carbocycles. The van der Waals surface area contributed by atoms with Crippen LogP contribution in [0.5, 0.6) is 0 Å². The molecule has 7 rings (SSSR count). The average molecular weight is 474 g/mol. The Morgan fingerprint density at radius 2 is 1.69 bits per heavy atom. The molecule has 0 unspecified atom stereocenters. The maximum Gasteiger partial charge on any atom is 0.332 e. The minimum absolute atomic E-state index is 0.235. The minimum Gasteiger partial charge on any atom is -0.328 e. The van der Waals surface area contributed by atoms with Crippen molar-refractivity contribution in [3.8, 4) is 0 Å². The fraction of sp³-hybridized carbons (Fsp3) is 0.536. The zero-order valence-electron chi connectivity index (χ0n) is 21.0. The van der Waals surface area contributed by atoms with Gasteiger partial charge in [-0.1, -0.05) is 35.9 Å². The van der Waals surface area contributed by atoms with Crippen LogP contribution in [0.25, 0.3) is 16.7 Å². The molecular formula is C28H35N5O2. The third-order valence-corrected chi connectivity index (χ3v) is 8.84. The highest BCUT2D eigenvalue weighted by molar-refractivity contribution is 5.70. The topological polar surface area (TPSA) is 73.8 Å². The van der Waals surface area contributed by atoms with E-state index in [2.05, 4.69) is 47.6 Å². The van der Waals surface area contributed by atoms with Crippen molar-refractivity contribution in [2.24, 2.45) is 31.8 Å². The van der Waals surface area contributed by atoms with Crippen molar-refractivity contribution >= 4 is 16.7 Å². The molecule has 4 saturated carbocycles. The summed E-state index contributed by atoms with van der Waals surface area (Å²) in [6.45, 7) is 3.07. The SMILES string of the molecule is Cc1ccc(/C(=C\Cn2c(=O)c3c(ncn3C)n(C)c2=O)CNC23CC4CC(CC(C4)C2)C3)cc1. The summed E-state index contributed by atoms with van der Waals surface area (Å²) in [6, 6.07) is 8.54. The van der Waals surface area contributed by atoms with E-state index in [0.29, 0.717) is 11.2 Å². The Balaban J connectivity index is 1.33. The number of aryl methyl sites for hydroxylation is 3. The molecule has 4 aliphatic rings. The second-order valence-electron chi connectivity index (χ2n) is 11.4. The van der Waals surface area contributed by atoms with Gasteiger partial charge < -0.3 is 9.88 Å². The smallest absolute Gasteiger partial charge is 0.328 e. The van der Waals surface area contributed by atoms with Gasteiger partial charge in [-0.25, -0.2) is 9.78 Å². The predicted molar refractivity (Wildman–Crippen MR) is 138 cm³/mol. The Kier molecular flexibility index (Phi) is 5.36. The van der Waals surface area contributed by atoms with Crippen molar-refractivity contribution in [2.75, 3.05) is 6.54 Å². The van der Waals surface area contributed by atoms with Gasteiger partial charge in [0.2, 0.25) is 0 Å². The maximum absolute atomic E-state index is 13.2. The van der Waals surface area contributed by atoms with Crippen LogP contribution in [0.2, 0.25) is 0 Å². The van der Waals surface area contributed by atoms with E-state index in [-0.39, 0.29) is 23.3 Å². The highest BCUT2D eigenvalue weighted by Gasteiger charge is 2.50. The van der Waals surface area contributed by atoms with E-state index in [1.165, 1.54) is 53.2 Å². The van der Waals surface area contributed by atoms with Crippen LogP contribution in [0.4, 0.5) is 0 Å². The molecule has 7 nitrogen and oxygen atoms in total. The zero-order chi connectivity index (χ0) is 24.3. The van der Waals surface area contributed by atoms with E-state index >= 15 is 0 Å². The molecule has 2 aromatic heterocycles. The Labute approximate surface area is 205 Å². The van der Waals surface area contributed by atoms with Gasteiger partial charge in [-0.15, -0.1) is 0 Å². The molecule has 3 aromatic rings. The summed E-state index contributed by atoms with van der Waals surface area (Å²) in [5.41, 5.74) is 3.98. The molecule has 0 atom stereocenters. The van der Waals surface area contributed by atoms with Crippen molar-refractivity contribution in [3.05, 3.63) is 68.6 Å². The van der Waals surface area contributed by atoms with Gasteiger partial charge in [-0.2, -0.15) is 0 Å². The number of benzene rings is 1. The molecule has 0 amide bonds. The first-order chi connectivity index (χ1) is 16.8. The second-order valence-corrected chi connectivity index (χ2v) is 11.4. The highest BCUT2D eigenvalue weighted by atomic mass is 16.2. The number of imidazole rings is 1. The molecule has 2 heterocycles. The van der Waals surface area contributed by atoms with Crippen molar-refractivity contribution in [3.63, 3.8) is 0 Å². The van der Waals surface area contributed by atoms with E-state index in [1.54, 1.807) is 25.0 Å². The first-order valence-electron chi connectivity index (χ1n) is 12.9. The van der Waals surface area contributed by atoms with Crippen LogP contribution in [0.3, 0.4) is 0 Å². The summed E-state index contributed by atoms with van der Waals surface area (Å²) < 4.78 is 4.47. The Morgan fingerprint density at radius 1 is 1.06 bits per heavy atom. The van der Waals surface area contributed by atoms with Crippen molar-refractivity contribution in [2.45, 2.75) is 57.5 Å². The first-order valence-corrected chi connectivity index (χ1v) is 12.9. The van der Waals surface area contributed by atoms with Gasteiger partial charge in [0, 0.05) is 32.7 Å². The molecule has 4 fully saturated rings. The number of nitrogens with zero attached hydrogens (tertiary/aromatic N) is 4. The standard InChI is InChI=1S/C28H35N5O2/c1-18-4-6-22(7-5-18)23(16-30-28-13-19-10-20(14-28)12-21(11-19)15-28)8-9-33-26(34)24-25(29-17-31(24)2)32(3)27(33)35/h4-8,17,19-21,30H,9-16H2,1-3H3/b23-8-. The lowest BCUT2D eigenvalue weighted by molar-refractivity contribution is -0.0176. The summed E-state index contributed by atoms with van der Waals surface area (Å²) >= 11 is 0. The van der Waals surface area contributed by atoms with Gasteiger partial charge >= 0.3 is 5.69 Å². The monoisotopic (exact) mass is 473 g/mol. The molecule has 4 bridgehead atoms. The molecule has 0 aliphatic heterocycles. The van der Waals surface area contributed by atoms with E-state index in [9.17, 15) is 9.59 Å². The molecular weight excluding hydrogens is 438 g/mol. The van der Waals surface area contributed by atoms with E-state index in [0.717, 1.165) is 35.4 Å². The first kappa shape index (κ1) is 22.5. The quantitative estimate of drug-likeness (QED) is 0.596. The van der Waals surface area contributed by atoms with Crippen LogP contribution < -0.4 is 16.6 Å². The van der Waals surface area contributed by atoms with Crippen LogP contribution in [0.1, 0.15) is 49.7 Å². The number of allylic oxidation sites excluding steroid dienone is 1. The van der Waals surface area contributed by atoms with Crippen molar-refractivity contribution in [1.82, 2.24) is 24.0 Å². The van der Waals surface area contributed by atoms with Gasteiger partial charge in [0.15, 0.2) is 11.2 Å². The molecule has 0 spiro atoms. The van der Waals surface area contributed by atoms with Crippen LogP contribution >= 0.6 is 0 Å². The van der Waals surface area contributed by atoms with E-state index < -0.39 is 0 Å². The average Bonchev–Trinajstić information content (AvgIpc) is 3.21. The molecule has 0 radical (unpaired) electrons. The van der Waals surface area contributed by atoms with Crippen LogP contribution in [-0.4, -0.2) is 30.8 Å². The molecule has 4 aliphatic carbocycles. The fourth-order valence-corrected chi connectivity index (χ4v) is 7.43. The van der Waals surface area contributed by atoms with E-state index in [4.69, 9.17) is 0 Å². The molecule has 184 valence electrons. The van der Waals surface area contributed by atoms with Crippen LogP contribution in [0.15, 0.2) is 46.3 Å². The summed E-state index contributed by atoms with van der Waals surface area (Å²) in [5, 5.41) is 4.00. The highest BCUT2D eigenvalue weighted by Crippen LogP contribution is 2.55. The predicted octanol–water partition coefficient (Wildman–Crippen LogP) is 3.38. The van der Waals surface area contributed by atoms with Crippen molar-refractivity contribution < 1.29 is 0 Å². The molecule has 35 heavy (non-hydrogen) atoms. The molecule has 7 heteroatoms. The van der Waals surface area contributed by atoms with Gasteiger partial charge in [0.1, 0.15) is 0 Å². The number of nitrogens with one attached hydrogen (secondary N) is 1. The number of aromatic nitrogens is 4. The number of rotatable bonds is 6. The summed E-state index contributed by atoms with van der Waals surface area (Å²) in [4.78, 5) is 30.5. The summed E-state index contributed by atoms with van der Waals surface area (Å²) in [7, 11) is 3.46. The maximum atomic E-state index is 13.2. The van der Waals surface area contributed by atoms with Gasteiger partial charge in [-0.05, 0) is 74.3 Å². The normalized spacial score (nSPS) is 27.7. The summed E-state index contributed by atoms with van der Waals surface area (Å²) in [6.07, 6.45) is 11.8. The van der Waals surface area contributed by atoms with Gasteiger partial charge in [0.05, 0.1) is 6.33 Å². The lowest BCUT2D eigenvalue weighted by Gasteiger charge is -2.57. The number of hydrogen-bond acceptors (Lipinski definition) is 4. The minimum atomic E-state index is -0.338. The molecule has 0 saturated heterocycles. The third-order valence-electron chi connectivity index (χ3n) is 8.84. The lowest BCUT2D eigenvalue weighted by atomic mass is 9.53. The van der Waals surface area contributed by atoms with Crippen molar-refractivity contribution in [1.29, 1.82) is 0 Å². The Hall–Kier alpha value is -2.93. The Bertz CT molecular complexity index is 1390. The number of fused-ring (bicyclic) bond motifs is 1. The second kappa shape index (κ2) is 8.33. The third kappa shape index (κ3) is 3.90. The van der Waals surface area contributed by atoms with Crippen LogP contribution in [-0.2, 0) is 20.6 Å². The van der Waals surface area contributed by atoms with E-state index in [1.807, 2.05) is 0 Å².